The number of hydrogen-bond acceptors (Lipinski definition) is 3. The lowest BCUT2D eigenvalue weighted by Gasteiger charge is -2.18. The summed E-state index contributed by atoms with van der Waals surface area (Å²) in [5.41, 5.74) is 0.691. The minimum Gasteiger partial charge on any atom is -0.478 e. The number of aromatic carboxylic acids is 1. The number of carbonyl (C=O) groups excluding carboxylic acids is 1. The van der Waals surface area contributed by atoms with E-state index in [9.17, 15) is 19.1 Å². The Balaban J connectivity index is 1.92. The van der Waals surface area contributed by atoms with E-state index in [0.29, 0.717) is 25.1 Å². The van der Waals surface area contributed by atoms with Crippen molar-refractivity contribution in [1.82, 2.24) is 4.90 Å². The van der Waals surface area contributed by atoms with Crippen LogP contribution < -0.4 is 4.74 Å². The van der Waals surface area contributed by atoms with Crippen molar-refractivity contribution in [2.24, 2.45) is 0 Å². The SMILES string of the molecule is O=C(O)c1ccc(CN2CCCC2=O)c(Oc2ccc(Cl)c(F)c2)c1. The molecule has 7 heteroatoms. The van der Waals surface area contributed by atoms with Gasteiger partial charge in [-0.25, -0.2) is 9.18 Å². The van der Waals surface area contributed by atoms with Gasteiger partial charge in [0, 0.05) is 31.1 Å². The Labute approximate surface area is 148 Å². The van der Waals surface area contributed by atoms with Crippen LogP contribution in [0, 0.1) is 5.82 Å². The molecule has 0 aliphatic carbocycles. The molecule has 0 radical (unpaired) electrons. The number of carboxylic acid groups (broad SMARTS) is 1. The van der Waals surface area contributed by atoms with Crippen LogP contribution in [0.4, 0.5) is 4.39 Å². The number of nitrogens with zero attached hydrogens (tertiary/aromatic N) is 1. The monoisotopic (exact) mass is 363 g/mol. The maximum Gasteiger partial charge on any atom is 0.335 e. The molecule has 1 fully saturated rings. The van der Waals surface area contributed by atoms with Crippen LogP contribution in [0.25, 0.3) is 0 Å². The number of carboxylic acids is 1. The van der Waals surface area contributed by atoms with Gasteiger partial charge in [0.15, 0.2) is 0 Å². The summed E-state index contributed by atoms with van der Waals surface area (Å²) in [4.78, 5) is 24.7. The Kier molecular flexibility index (Phi) is 4.90. The lowest BCUT2D eigenvalue weighted by Crippen LogP contribution is -2.24. The number of ether oxygens (including phenoxy) is 1. The normalized spacial score (nSPS) is 14.0. The second-order valence-corrected chi connectivity index (χ2v) is 6.13. The van der Waals surface area contributed by atoms with E-state index in [1.165, 1.54) is 24.3 Å². The Morgan fingerprint density at radius 1 is 1.28 bits per heavy atom. The number of rotatable bonds is 5. The second-order valence-electron chi connectivity index (χ2n) is 5.72. The van der Waals surface area contributed by atoms with Gasteiger partial charge in [-0.1, -0.05) is 17.7 Å². The molecule has 1 amide bonds. The molecule has 1 N–H and O–H groups in total. The van der Waals surface area contributed by atoms with E-state index < -0.39 is 11.8 Å². The highest BCUT2D eigenvalue weighted by Gasteiger charge is 2.22. The zero-order valence-electron chi connectivity index (χ0n) is 13.2. The molecule has 3 rings (SSSR count). The van der Waals surface area contributed by atoms with E-state index in [-0.39, 0.29) is 28.0 Å². The summed E-state index contributed by atoms with van der Waals surface area (Å²) >= 11 is 5.66. The number of carbonyl (C=O) groups is 2. The summed E-state index contributed by atoms with van der Waals surface area (Å²) in [5.74, 6) is -1.23. The first-order valence-electron chi connectivity index (χ1n) is 7.71. The molecule has 0 bridgehead atoms. The molecule has 0 unspecified atom stereocenters. The van der Waals surface area contributed by atoms with Crippen molar-refractivity contribution in [2.75, 3.05) is 6.54 Å². The van der Waals surface area contributed by atoms with E-state index in [2.05, 4.69) is 0 Å². The Morgan fingerprint density at radius 2 is 2.08 bits per heavy atom. The van der Waals surface area contributed by atoms with Crippen molar-refractivity contribution in [3.63, 3.8) is 0 Å². The summed E-state index contributed by atoms with van der Waals surface area (Å²) in [6.45, 7) is 0.957. The summed E-state index contributed by atoms with van der Waals surface area (Å²) in [7, 11) is 0. The van der Waals surface area contributed by atoms with Crippen molar-refractivity contribution in [3.05, 3.63) is 58.4 Å². The molecule has 5 nitrogen and oxygen atoms in total. The maximum atomic E-state index is 13.6. The molecule has 0 aromatic heterocycles. The van der Waals surface area contributed by atoms with Crippen LogP contribution >= 0.6 is 11.6 Å². The van der Waals surface area contributed by atoms with Gasteiger partial charge in [0.05, 0.1) is 10.6 Å². The summed E-state index contributed by atoms with van der Waals surface area (Å²) < 4.78 is 19.3. The molecule has 1 aliphatic heterocycles. The van der Waals surface area contributed by atoms with Crippen molar-refractivity contribution < 1.29 is 23.8 Å². The van der Waals surface area contributed by atoms with Crippen molar-refractivity contribution in [1.29, 1.82) is 0 Å². The van der Waals surface area contributed by atoms with Crippen molar-refractivity contribution in [2.45, 2.75) is 19.4 Å². The van der Waals surface area contributed by atoms with Crippen LogP contribution in [0.5, 0.6) is 11.5 Å². The van der Waals surface area contributed by atoms with Gasteiger partial charge >= 0.3 is 5.97 Å². The molecule has 1 aliphatic rings. The van der Waals surface area contributed by atoms with E-state index in [0.717, 1.165) is 12.5 Å². The van der Waals surface area contributed by atoms with Crippen LogP contribution in [0.15, 0.2) is 36.4 Å². The van der Waals surface area contributed by atoms with Gasteiger partial charge in [-0.15, -0.1) is 0 Å². The average molecular weight is 364 g/mol. The highest BCUT2D eigenvalue weighted by atomic mass is 35.5. The van der Waals surface area contributed by atoms with Gasteiger partial charge in [0.25, 0.3) is 0 Å². The zero-order valence-corrected chi connectivity index (χ0v) is 13.9. The van der Waals surface area contributed by atoms with Crippen LogP contribution in [0.2, 0.25) is 5.02 Å². The van der Waals surface area contributed by atoms with Gasteiger partial charge in [0.1, 0.15) is 17.3 Å². The molecular formula is C18H15ClFNO4. The largest absolute Gasteiger partial charge is 0.478 e. The van der Waals surface area contributed by atoms with Crippen LogP contribution in [0.3, 0.4) is 0 Å². The van der Waals surface area contributed by atoms with Crippen LogP contribution in [-0.2, 0) is 11.3 Å². The molecule has 25 heavy (non-hydrogen) atoms. The van der Waals surface area contributed by atoms with Gasteiger partial charge in [-0.3, -0.25) is 4.79 Å². The van der Waals surface area contributed by atoms with Crippen LogP contribution in [0.1, 0.15) is 28.8 Å². The van der Waals surface area contributed by atoms with Crippen molar-refractivity contribution in [3.8, 4) is 11.5 Å². The topological polar surface area (TPSA) is 66.8 Å². The second kappa shape index (κ2) is 7.11. The van der Waals surface area contributed by atoms with E-state index in [1.54, 1.807) is 11.0 Å². The fourth-order valence-electron chi connectivity index (χ4n) is 2.66. The predicted octanol–water partition coefficient (Wildman–Crippen LogP) is 4.09. The maximum absolute atomic E-state index is 13.6. The van der Waals surface area contributed by atoms with Crippen molar-refractivity contribution >= 4 is 23.5 Å². The van der Waals surface area contributed by atoms with Gasteiger partial charge in [0.2, 0.25) is 5.91 Å². The zero-order chi connectivity index (χ0) is 18.0. The first kappa shape index (κ1) is 17.2. The first-order valence-corrected chi connectivity index (χ1v) is 8.09. The number of amides is 1. The minimum atomic E-state index is -1.10. The fraction of sp³-hybridized carbons (Fsp3) is 0.222. The van der Waals surface area contributed by atoms with E-state index in [1.807, 2.05) is 0 Å². The number of hydrogen-bond donors (Lipinski definition) is 1. The molecule has 0 atom stereocenters. The number of benzene rings is 2. The Bertz CT molecular complexity index is 840. The third kappa shape index (κ3) is 3.91. The highest BCUT2D eigenvalue weighted by molar-refractivity contribution is 6.30. The van der Waals surface area contributed by atoms with Crippen LogP contribution in [-0.4, -0.2) is 28.4 Å². The lowest BCUT2D eigenvalue weighted by molar-refractivity contribution is -0.128. The smallest absolute Gasteiger partial charge is 0.335 e. The molecular weight excluding hydrogens is 349 g/mol. The van der Waals surface area contributed by atoms with Gasteiger partial charge in [-0.2, -0.15) is 0 Å². The minimum absolute atomic E-state index is 0.0328. The third-order valence-electron chi connectivity index (χ3n) is 3.97. The molecule has 1 heterocycles. The van der Waals surface area contributed by atoms with E-state index in [4.69, 9.17) is 16.3 Å². The standard InChI is InChI=1S/C18H15ClFNO4/c19-14-6-5-13(9-15(14)20)25-16-8-11(18(23)24)3-4-12(16)10-21-7-1-2-17(21)22/h3-6,8-9H,1-2,7,10H2,(H,23,24). The average Bonchev–Trinajstić information content (AvgIpc) is 2.97. The molecule has 2 aromatic carbocycles. The molecule has 1 saturated heterocycles. The fourth-order valence-corrected chi connectivity index (χ4v) is 2.77. The molecule has 0 saturated carbocycles. The van der Waals surface area contributed by atoms with Gasteiger partial charge < -0.3 is 14.7 Å². The first-order chi connectivity index (χ1) is 11.9. The molecule has 2 aromatic rings. The Morgan fingerprint density at radius 3 is 2.72 bits per heavy atom. The lowest BCUT2D eigenvalue weighted by atomic mass is 10.1. The number of halogens is 2. The quantitative estimate of drug-likeness (QED) is 0.868. The highest BCUT2D eigenvalue weighted by Crippen LogP contribution is 2.30. The Hall–Kier alpha value is -2.60. The molecule has 0 spiro atoms. The number of likely N-dealkylation sites (tertiary alicyclic amines) is 1. The summed E-state index contributed by atoms with van der Waals surface area (Å²) in [5, 5.41) is 9.14. The van der Waals surface area contributed by atoms with Gasteiger partial charge in [-0.05, 0) is 30.7 Å². The van der Waals surface area contributed by atoms with E-state index >= 15 is 0 Å². The molecule has 130 valence electrons. The third-order valence-corrected chi connectivity index (χ3v) is 4.27. The summed E-state index contributed by atoms with van der Waals surface area (Å²) in [6.07, 6.45) is 1.30. The summed E-state index contributed by atoms with van der Waals surface area (Å²) in [6, 6.07) is 8.40. The predicted molar refractivity (Wildman–Crippen MR) is 89.5 cm³/mol.